The first-order chi connectivity index (χ1) is 19.7. The number of nitrogens with one attached hydrogen (secondary N) is 1. The Hall–Kier alpha value is -3.20. The van der Waals surface area contributed by atoms with Crippen molar-refractivity contribution in [2.24, 2.45) is 0 Å². The van der Waals surface area contributed by atoms with Crippen LogP contribution in [0.15, 0.2) is 36.1 Å². The third-order valence-electron chi connectivity index (χ3n) is 6.17. The zero-order valence-electron chi connectivity index (χ0n) is 22.3. The van der Waals surface area contributed by atoms with Gasteiger partial charge in [-0.2, -0.15) is 14.6 Å². The first-order valence-corrected chi connectivity index (χ1v) is 14.9. The van der Waals surface area contributed by atoms with Crippen LogP contribution in [-0.4, -0.2) is 56.9 Å². The van der Waals surface area contributed by atoms with E-state index in [4.69, 9.17) is 19.4 Å². The summed E-state index contributed by atoms with van der Waals surface area (Å²) in [5, 5.41) is 21.0. The highest BCUT2D eigenvalue weighted by atomic mass is 32.1. The molecule has 0 radical (unpaired) electrons. The van der Waals surface area contributed by atoms with Crippen LogP contribution in [0.3, 0.4) is 0 Å². The highest BCUT2D eigenvalue weighted by molar-refractivity contribution is 7.39. The Morgan fingerprint density at radius 2 is 1.93 bits per heavy atom. The van der Waals surface area contributed by atoms with Crippen molar-refractivity contribution in [3.63, 3.8) is 0 Å². The molecule has 5 rings (SSSR count). The highest BCUT2D eigenvalue weighted by Gasteiger charge is 2.24. The van der Waals surface area contributed by atoms with Crippen molar-refractivity contribution < 1.29 is 33.0 Å². The van der Waals surface area contributed by atoms with Crippen molar-refractivity contribution in [2.75, 3.05) is 11.9 Å². The molecule has 220 valence electrons. The molecule has 12 nitrogen and oxygen atoms in total. The average molecular weight is 610 g/mol. The second kappa shape index (κ2) is 14.1. The zero-order chi connectivity index (χ0) is 29.5. The Balaban J connectivity index is 0.00000124. The van der Waals surface area contributed by atoms with Crippen LogP contribution in [0.5, 0.6) is 0 Å². The highest BCUT2D eigenvalue weighted by Crippen LogP contribution is 2.34. The van der Waals surface area contributed by atoms with Gasteiger partial charge in [0.2, 0.25) is 5.95 Å². The Morgan fingerprint density at radius 3 is 2.63 bits per heavy atom. The summed E-state index contributed by atoms with van der Waals surface area (Å²) in [5.74, 6) is -2.16. The molecule has 0 saturated heterocycles. The van der Waals surface area contributed by atoms with E-state index < -0.39 is 32.5 Å². The fourth-order valence-electron chi connectivity index (χ4n) is 4.30. The van der Waals surface area contributed by atoms with Gasteiger partial charge in [-0.15, -0.1) is 11.3 Å². The van der Waals surface area contributed by atoms with Crippen LogP contribution in [0.25, 0.3) is 22.0 Å². The van der Waals surface area contributed by atoms with Gasteiger partial charge in [-0.3, -0.25) is 14.0 Å². The van der Waals surface area contributed by atoms with Crippen molar-refractivity contribution in [3.05, 3.63) is 53.6 Å². The van der Waals surface area contributed by atoms with Gasteiger partial charge in [0.05, 0.1) is 17.9 Å². The third kappa shape index (κ3) is 7.76. The normalized spacial score (nSPS) is 14.5. The van der Waals surface area contributed by atoms with E-state index in [-0.39, 0.29) is 35.4 Å². The topological polar surface area (TPSA) is 160 Å². The summed E-state index contributed by atoms with van der Waals surface area (Å²) >= 11 is 1.21. The first kappa shape index (κ1) is 30.8. The van der Waals surface area contributed by atoms with Crippen LogP contribution in [0, 0.1) is 11.8 Å². The molecule has 4 aromatic heterocycles. The summed E-state index contributed by atoms with van der Waals surface area (Å²) in [5.41, 5.74) is 0.670. The van der Waals surface area contributed by atoms with E-state index in [1.807, 2.05) is 0 Å². The second-order valence-electron chi connectivity index (χ2n) is 9.10. The summed E-state index contributed by atoms with van der Waals surface area (Å²) < 4.78 is 36.5. The largest absolute Gasteiger partial charge is 0.397 e. The van der Waals surface area contributed by atoms with Gasteiger partial charge >= 0.3 is 8.60 Å². The Kier molecular flexibility index (Phi) is 10.6. The minimum absolute atomic E-state index is 0.0411. The average Bonchev–Trinajstić information content (AvgIpc) is 3.70. The number of thiazole rings is 1. The molecule has 0 aromatic carbocycles. The van der Waals surface area contributed by atoms with Crippen LogP contribution in [0.4, 0.5) is 14.5 Å². The van der Waals surface area contributed by atoms with Crippen LogP contribution < -0.4 is 5.32 Å². The summed E-state index contributed by atoms with van der Waals surface area (Å²) in [4.78, 5) is 39.3. The van der Waals surface area contributed by atoms with Crippen LogP contribution in [0.1, 0.15) is 68.7 Å². The van der Waals surface area contributed by atoms with Gasteiger partial charge in [-0.25, -0.2) is 19.0 Å². The molecular weight excluding hydrogens is 579 g/mol. The van der Waals surface area contributed by atoms with Crippen molar-refractivity contribution in [1.82, 2.24) is 29.5 Å². The molecule has 0 spiro atoms. The molecule has 4 aromatic rings. The number of hydrogen-bond donors (Lipinski definition) is 4. The lowest BCUT2D eigenvalue weighted by Crippen LogP contribution is -2.14. The van der Waals surface area contributed by atoms with Crippen molar-refractivity contribution in [3.8, 4) is 22.0 Å². The smallest absolute Gasteiger partial charge is 0.329 e. The van der Waals surface area contributed by atoms with Crippen LogP contribution in [-0.2, 0) is 4.52 Å². The summed E-state index contributed by atoms with van der Waals surface area (Å²) in [6.45, 7) is 3.53. The standard InChI is InChI=1S/C23H24F2N7O4PS.C2H6O/c1-13(36-37(34)35)31-10-14(9-26-31)23-28-18(12-38-23)22(33)27-17-11-32(15-5-3-2-4-6-15)30-21(17)20-16(24)7-8-19(25)29-20;1-2-3/h7-13,15,34-35H,2-6H2,1H3,(H,27,33);3H,2H2,1H3. The fraction of sp³-hybridized carbons (Fsp3) is 0.400. The third-order valence-corrected chi connectivity index (χ3v) is 7.55. The molecule has 1 unspecified atom stereocenters. The Labute approximate surface area is 239 Å². The van der Waals surface area contributed by atoms with Gasteiger partial charge in [-0.1, -0.05) is 19.3 Å². The maximum absolute atomic E-state index is 14.6. The maximum Gasteiger partial charge on any atom is 0.329 e. The SMILES string of the molecule is CC(OP(O)O)n1cc(-c2nc(C(=O)Nc3cn(C4CCCCC4)nc3-c3nc(F)ccc3F)cs2)cn1.CCO. The van der Waals surface area contributed by atoms with E-state index in [0.29, 0.717) is 10.6 Å². The molecule has 1 atom stereocenters. The van der Waals surface area contributed by atoms with Crippen molar-refractivity contribution in [2.45, 2.75) is 58.2 Å². The van der Waals surface area contributed by atoms with E-state index >= 15 is 0 Å². The number of carbonyl (C=O) groups is 1. The van der Waals surface area contributed by atoms with Gasteiger partial charge in [-0.05, 0) is 38.8 Å². The number of aromatic nitrogens is 6. The number of anilines is 1. The zero-order valence-corrected chi connectivity index (χ0v) is 24.0. The van der Waals surface area contributed by atoms with Gasteiger partial charge < -0.3 is 20.2 Å². The molecule has 4 heterocycles. The number of aliphatic hydroxyl groups excluding tert-OH is 1. The molecular formula is C25H30F2N7O5PS. The number of hydrogen-bond acceptors (Lipinski definition) is 10. The molecule has 1 aliphatic rings. The Bertz CT molecular complexity index is 1460. The van der Waals surface area contributed by atoms with Crippen LogP contribution >= 0.6 is 19.9 Å². The van der Waals surface area contributed by atoms with Crippen molar-refractivity contribution in [1.29, 1.82) is 0 Å². The number of halogens is 2. The molecule has 41 heavy (non-hydrogen) atoms. The molecule has 1 fully saturated rings. The lowest BCUT2D eigenvalue weighted by atomic mass is 9.96. The van der Waals surface area contributed by atoms with Gasteiger partial charge in [0.15, 0.2) is 12.0 Å². The van der Waals surface area contributed by atoms with E-state index in [0.717, 1.165) is 44.2 Å². The summed E-state index contributed by atoms with van der Waals surface area (Å²) in [7, 11) is -2.55. The fourth-order valence-corrected chi connectivity index (χ4v) is 5.45. The number of rotatable bonds is 8. The molecule has 1 aliphatic carbocycles. The van der Waals surface area contributed by atoms with Crippen molar-refractivity contribution >= 4 is 31.5 Å². The van der Waals surface area contributed by atoms with E-state index in [2.05, 4.69) is 25.5 Å². The van der Waals surface area contributed by atoms with Crippen LogP contribution in [0.2, 0.25) is 0 Å². The van der Waals surface area contributed by atoms with Gasteiger partial charge in [0, 0.05) is 29.9 Å². The summed E-state index contributed by atoms with van der Waals surface area (Å²) in [6, 6.07) is 1.99. The van der Waals surface area contributed by atoms with E-state index in [9.17, 15) is 13.6 Å². The second-order valence-corrected chi connectivity index (χ2v) is 10.7. The first-order valence-electron chi connectivity index (χ1n) is 12.9. The predicted molar refractivity (Wildman–Crippen MR) is 149 cm³/mol. The molecule has 0 bridgehead atoms. The quantitative estimate of drug-likeness (QED) is 0.158. The molecule has 4 N–H and O–H groups in total. The monoisotopic (exact) mass is 609 g/mol. The van der Waals surface area contributed by atoms with Gasteiger partial charge in [0.1, 0.15) is 22.1 Å². The van der Waals surface area contributed by atoms with Gasteiger partial charge in [0.25, 0.3) is 5.91 Å². The Morgan fingerprint density at radius 1 is 1.20 bits per heavy atom. The summed E-state index contributed by atoms with van der Waals surface area (Å²) in [6.07, 6.45) is 9.05. The number of nitrogens with zero attached hydrogens (tertiary/aromatic N) is 6. The number of pyridine rings is 1. The minimum Gasteiger partial charge on any atom is -0.397 e. The van der Waals surface area contributed by atoms with E-state index in [1.165, 1.54) is 22.2 Å². The number of carbonyl (C=O) groups excluding carboxylic acids is 1. The molecule has 1 amide bonds. The number of aliphatic hydroxyl groups is 1. The molecule has 0 aliphatic heterocycles. The maximum atomic E-state index is 14.6. The van der Waals surface area contributed by atoms with E-state index in [1.54, 1.807) is 36.3 Å². The predicted octanol–water partition coefficient (Wildman–Crippen LogP) is 5.05. The lowest BCUT2D eigenvalue weighted by Gasteiger charge is -2.21. The number of amides is 1. The lowest BCUT2D eigenvalue weighted by molar-refractivity contribution is 0.102. The molecule has 16 heteroatoms. The molecule has 1 saturated carbocycles. The minimum atomic E-state index is -2.55.